The molecule has 4 rings (SSSR count). The van der Waals surface area contributed by atoms with Crippen molar-refractivity contribution in [2.45, 2.75) is 44.6 Å². The molecule has 1 aromatic carbocycles. The number of anilines is 1. The Kier molecular flexibility index (Phi) is 4.52. The van der Waals surface area contributed by atoms with Crippen LogP contribution in [0.25, 0.3) is 0 Å². The van der Waals surface area contributed by atoms with Crippen LogP contribution < -0.4 is 4.90 Å². The molecule has 2 aliphatic heterocycles. The van der Waals surface area contributed by atoms with Gasteiger partial charge in [0.2, 0.25) is 6.39 Å². The number of hydrogen-bond acceptors (Lipinski definition) is 5. The summed E-state index contributed by atoms with van der Waals surface area (Å²) >= 11 is 0. The van der Waals surface area contributed by atoms with Crippen LogP contribution in [0.2, 0.25) is 0 Å². The summed E-state index contributed by atoms with van der Waals surface area (Å²) in [7, 11) is 0. The second kappa shape index (κ2) is 6.93. The Bertz CT molecular complexity index is 641. The molecule has 2 aromatic rings. The van der Waals surface area contributed by atoms with Gasteiger partial charge in [0.1, 0.15) is 0 Å². The number of para-hydroxylation sites is 1. The lowest BCUT2D eigenvalue weighted by Gasteiger charge is -2.42. The minimum atomic E-state index is 0.479. The van der Waals surface area contributed by atoms with Crippen LogP contribution in [-0.2, 0) is 0 Å². The van der Waals surface area contributed by atoms with Crippen LogP contribution in [0.3, 0.4) is 0 Å². The van der Waals surface area contributed by atoms with Crippen molar-refractivity contribution >= 4 is 5.69 Å². The molecule has 5 heteroatoms. The molecular weight excluding hydrogens is 300 g/mol. The van der Waals surface area contributed by atoms with Crippen molar-refractivity contribution in [1.29, 1.82) is 0 Å². The SMILES string of the molecule is Cc1ccccc1N1CCC(N2CCC(c3ncon3)CC2)CC1. The molecule has 2 saturated heterocycles. The summed E-state index contributed by atoms with van der Waals surface area (Å²) in [6, 6.07) is 9.48. The molecule has 0 atom stereocenters. The molecule has 0 spiro atoms. The normalized spacial score (nSPS) is 21.3. The number of hydrogen-bond donors (Lipinski definition) is 0. The van der Waals surface area contributed by atoms with E-state index in [0.717, 1.165) is 37.8 Å². The first-order valence-electron chi connectivity index (χ1n) is 9.12. The quantitative estimate of drug-likeness (QED) is 0.866. The topological polar surface area (TPSA) is 45.4 Å². The smallest absolute Gasteiger partial charge is 0.213 e. The van der Waals surface area contributed by atoms with Crippen LogP contribution in [-0.4, -0.2) is 47.3 Å². The van der Waals surface area contributed by atoms with E-state index in [4.69, 9.17) is 4.52 Å². The molecule has 0 bridgehead atoms. The highest BCUT2D eigenvalue weighted by Gasteiger charge is 2.30. The molecule has 1 aromatic heterocycles. The maximum absolute atomic E-state index is 4.89. The van der Waals surface area contributed by atoms with Gasteiger partial charge in [0.05, 0.1) is 0 Å². The molecule has 0 amide bonds. The number of piperidine rings is 2. The highest BCUT2D eigenvalue weighted by atomic mass is 16.5. The molecule has 0 unspecified atom stereocenters. The molecule has 2 fully saturated rings. The van der Waals surface area contributed by atoms with Gasteiger partial charge in [0.25, 0.3) is 0 Å². The third-order valence-corrected chi connectivity index (χ3v) is 5.71. The number of rotatable bonds is 3. The van der Waals surface area contributed by atoms with Gasteiger partial charge in [-0.05, 0) is 57.3 Å². The Hall–Kier alpha value is -1.88. The van der Waals surface area contributed by atoms with Gasteiger partial charge < -0.3 is 14.3 Å². The number of aryl methyl sites for hydroxylation is 1. The van der Waals surface area contributed by atoms with Crippen molar-refractivity contribution in [3.8, 4) is 0 Å². The van der Waals surface area contributed by atoms with Gasteiger partial charge in [-0.2, -0.15) is 4.98 Å². The van der Waals surface area contributed by atoms with E-state index in [1.54, 1.807) is 0 Å². The van der Waals surface area contributed by atoms with Crippen molar-refractivity contribution in [1.82, 2.24) is 15.0 Å². The second-order valence-corrected chi connectivity index (χ2v) is 7.10. The second-order valence-electron chi connectivity index (χ2n) is 7.10. The molecule has 128 valence electrons. The van der Waals surface area contributed by atoms with Gasteiger partial charge in [-0.1, -0.05) is 23.4 Å². The molecule has 5 nitrogen and oxygen atoms in total. The predicted molar refractivity (Wildman–Crippen MR) is 94.3 cm³/mol. The first-order chi connectivity index (χ1) is 11.8. The summed E-state index contributed by atoms with van der Waals surface area (Å²) < 4.78 is 4.89. The molecule has 0 saturated carbocycles. The van der Waals surface area contributed by atoms with E-state index in [-0.39, 0.29) is 0 Å². The third kappa shape index (κ3) is 3.18. The van der Waals surface area contributed by atoms with Crippen LogP contribution in [0.5, 0.6) is 0 Å². The van der Waals surface area contributed by atoms with Crippen molar-refractivity contribution in [2.75, 3.05) is 31.1 Å². The summed E-state index contributed by atoms with van der Waals surface area (Å²) in [4.78, 5) is 9.47. The van der Waals surface area contributed by atoms with Crippen LogP contribution in [0.1, 0.15) is 43.0 Å². The Morgan fingerprint density at radius 1 is 1.00 bits per heavy atom. The van der Waals surface area contributed by atoms with Crippen LogP contribution >= 0.6 is 0 Å². The first kappa shape index (κ1) is 15.6. The molecule has 0 aliphatic carbocycles. The summed E-state index contributed by atoms with van der Waals surface area (Å²) in [6.45, 7) is 6.87. The molecule has 0 N–H and O–H groups in total. The van der Waals surface area contributed by atoms with Gasteiger partial charge >= 0.3 is 0 Å². The summed E-state index contributed by atoms with van der Waals surface area (Å²) in [5.74, 6) is 1.37. The van der Waals surface area contributed by atoms with E-state index in [0.29, 0.717) is 5.92 Å². The fraction of sp³-hybridized carbons (Fsp3) is 0.579. The van der Waals surface area contributed by atoms with Crippen LogP contribution in [0.15, 0.2) is 35.2 Å². The molecule has 0 radical (unpaired) electrons. The lowest BCUT2D eigenvalue weighted by atomic mass is 9.93. The van der Waals surface area contributed by atoms with Gasteiger partial charge in [0, 0.05) is 30.7 Å². The number of benzene rings is 1. The zero-order chi connectivity index (χ0) is 16.4. The lowest BCUT2D eigenvalue weighted by Crippen LogP contribution is -2.47. The summed E-state index contributed by atoms with van der Waals surface area (Å²) in [6.07, 6.45) is 6.28. The minimum absolute atomic E-state index is 0.479. The Morgan fingerprint density at radius 3 is 2.42 bits per heavy atom. The summed E-state index contributed by atoms with van der Waals surface area (Å²) in [5.41, 5.74) is 2.80. The average Bonchev–Trinajstić information content (AvgIpc) is 3.17. The van der Waals surface area contributed by atoms with Crippen LogP contribution in [0.4, 0.5) is 5.69 Å². The largest absolute Gasteiger partial charge is 0.371 e. The van der Waals surface area contributed by atoms with E-state index < -0.39 is 0 Å². The van der Waals surface area contributed by atoms with Crippen LogP contribution in [0, 0.1) is 6.92 Å². The Balaban J connectivity index is 1.30. The predicted octanol–water partition coefficient (Wildman–Crippen LogP) is 3.23. The maximum atomic E-state index is 4.89. The Morgan fingerprint density at radius 2 is 1.75 bits per heavy atom. The maximum Gasteiger partial charge on any atom is 0.213 e. The molecule has 2 aliphatic rings. The molecule has 3 heterocycles. The average molecular weight is 326 g/mol. The zero-order valence-corrected chi connectivity index (χ0v) is 14.4. The molecular formula is C19H26N4O. The van der Waals surface area contributed by atoms with Gasteiger partial charge in [-0.25, -0.2) is 0 Å². The monoisotopic (exact) mass is 326 g/mol. The van der Waals surface area contributed by atoms with E-state index in [1.165, 1.54) is 43.6 Å². The van der Waals surface area contributed by atoms with E-state index in [2.05, 4.69) is 51.1 Å². The van der Waals surface area contributed by atoms with E-state index in [9.17, 15) is 0 Å². The number of aromatic nitrogens is 2. The lowest BCUT2D eigenvalue weighted by molar-refractivity contribution is 0.129. The molecule has 24 heavy (non-hydrogen) atoms. The minimum Gasteiger partial charge on any atom is -0.371 e. The van der Waals surface area contributed by atoms with Crippen molar-refractivity contribution < 1.29 is 4.52 Å². The van der Waals surface area contributed by atoms with Crippen molar-refractivity contribution in [3.63, 3.8) is 0 Å². The fourth-order valence-corrected chi connectivity index (χ4v) is 4.27. The van der Waals surface area contributed by atoms with Crippen molar-refractivity contribution in [3.05, 3.63) is 42.0 Å². The highest BCUT2D eigenvalue weighted by molar-refractivity contribution is 5.53. The fourth-order valence-electron chi connectivity index (χ4n) is 4.27. The zero-order valence-electron chi connectivity index (χ0n) is 14.4. The number of nitrogens with zero attached hydrogens (tertiary/aromatic N) is 4. The Labute approximate surface area is 143 Å². The number of likely N-dealkylation sites (tertiary alicyclic amines) is 1. The van der Waals surface area contributed by atoms with Crippen molar-refractivity contribution in [2.24, 2.45) is 0 Å². The van der Waals surface area contributed by atoms with Gasteiger partial charge in [0.15, 0.2) is 5.82 Å². The standard InChI is InChI=1S/C19H26N4O/c1-15-4-2-3-5-18(15)23-12-8-17(9-13-23)22-10-6-16(7-11-22)19-20-14-24-21-19/h2-5,14,16-17H,6-13H2,1H3. The van der Waals surface area contributed by atoms with E-state index >= 15 is 0 Å². The third-order valence-electron chi connectivity index (χ3n) is 5.71. The van der Waals surface area contributed by atoms with Gasteiger partial charge in [-0.15, -0.1) is 0 Å². The van der Waals surface area contributed by atoms with E-state index in [1.807, 2.05) is 0 Å². The van der Waals surface area contributed by atoms with Gasteiger partial charge in [-0.3, -0.25) is 0 Å². The first-order valence-corrected chi connectivity index (χ1v) is 9.12. The summed E-state index contributed by atoms with van der Waals surface area (Å²) in [5, 5.41) is 4.02. The highest BCUT2D eigenvalue weighted by Crippen LogP contribution is 2.30.